The number of aliphatic hydroxyl groups excluding tert-OH is 1. The summed E-state index contributed by atoms with van der Waals surface area (Å²) >= 11 is 0. The number of halogens is 1. The molecule has 4 aromatic rings. The van der Waals surface area contributed by atoms with Crippen molar-refractivity contribution in [2.24, 2.45) is 0 Å². The van der Waals surface area contributed by atoms with Crippen LogP contribution in [0, 0.1) is 5.82 Å². The normalized spacial score (nSPS) is 12.6. The molecule has 0 fully saturated rings. The number of hydrogen-bond donors (Lipinski definition) is 1. The van der Waals surface area contributed by atoms with Crippen LogP contribution in [-0.4, -0.2) is 35.9 Å². The number of aromatic nitrogens is 5. The molecule has 1 unspecified atom stereocenters. The van der Waals surface area contributed by atoms with E-state index >= 15 is 0 Å². The van der Waals surface area contributed by atoms with E-state index in [1.165, 1.54) is 12.1 Å². The van der Waals surface area contributed by atoms with Crippen LogP contribution < -0.4 is 0 Å². The van der Waals surface area contributed by atoms with Crippen molar-refractivity contribution >= 4 is 5.65 Å². The van der Waals surface area contributed by atoms with Gasteiger partial charge in [0.15, 0.2) is 5.65 Å². The molecule has 0 spiro atoms. The molecule has 0 amide bonds. The van der Waals surface area contributed by atoms with Gasteiger partial charge in [0, 0.05) is 24.8 Å². The van der Waals surface area contributed by atoms with E-state index in [9.17, 15) is 9.50 Å². The number of fused-ring (bicyclic) bond motifs is 1. The molecule has 3 aromatic heterocycles. The minimum Gasteiger partial charge on any atom is -0.394 e. The Kier molecular flexibility index (Phi) is 3.55. The SMILES string of the molecule is OCC(c1ccc(F)cc1)n1ccnc1-c1cnn2cccnc12. The zero-order valence-corrected chi connectivity index (χ0v) is 12.6. The molecule has 0 aliphatic carbocycles. The first-order chi connectivity index (χ1) is 11.8. The predicted molar refractivity (Wildman–Crippen MR) is 85.8 cm³/mol. The molecule has 4 rings (SSSR count). The third-order valence-electron chi connectivity index (χ3n) is 3.95. The second kappa shape index (κ2) is 5.86. The minimum atomic E-state index is -0.373. The predicted octanol–water partition coefficient (Wildman–Crippen LogP) is 2.31. The number of benzene rings is 1. The van der Waals surface area contributed by atoms with Gasteiger partial charge in [-0.05, 0) is 23.8 Å². The second-order valence-electron chi connectivity index (χ2n) is 5.35. The lowest BCUT2D eigenvalue weighted by molar-refractivity contribution is 0.250. The molecule has 120 valence electrons. The molecule has 1 atom stereocenters. The molecule has 0 saturated carbocycles. The highest BCUT2D eigenvalue weighted by molar-refractivity contribution is 5.72. The molecule has 0 bridgehead atoms. The van der Waals surface area contributed by atoms with Gasteiger partial charge in [0.2, 0.25) is 0 Å². The summed E-state index contributed by atoms with van der Waals surface area (Å²) in [5.41, 5.74) is 2.24. The average Bonchev–Trinajstić information content (AvgIpc) is 3.24. The van der Waals surface area contributed by atoms with Crippen molar-refractivity contribution in [2.75, 3.05) is 6.61 Å². The lowest BCUT2D eigenvalue weighted by Crippen LogP contribution is -2.15. The fraction of sp³-hybridized carbons (Fsp3) is 0.118. The monoisotopic (exact) mass is 323 g/mol. The van der Waals surface area contributed by atoms with Crippen LogP contribution in [0.15, 0.2) is 61.3 Å². The molecule has 6 nitrogen and oxygen atoms in total. The van der Waals surface area contributed by atoms with Gasteiger partial charge in [-0.1, -0.05) is 12.1 Å². The quantitative estimate of drug-likeness (QED) is 0.626. The van der Waals surface area contributed by atoms with Crippen molar-refractivity contribution in [2.45, 2.75) is 6.04 Å². The summed E-state index contributed by atoms with van der Waals surface area (Å²) in [6, 6.07) is 7.51. The Labute approximate surface area is 136 Å². The van der Waals surface area contributed by atoms with Crippen LogP contribution in [0.25, 0.3) is 17.0 Å². The molecular formula is C17H14FN5O. The molecule has 1 aromatic carbocycles. The molecule has 1 N–H and O–H groups in total. The maximum Gasteiger partial charge on any atom is 0.165 e. The first-order valence-electron chi connectivity index (χ1n) is 7.46. The van der Waals surface area contributed by atoms with Crippen LogP contribution in [0.2, 0.25) is 0 Å². The number of rotatable bonds is 4. The number of imidazole rings is 1. The fourth-order valence-electron chi connectivity index (χ4n) is 2.80. The van der Waals surface area contributed by atoms with Crippen molar-refractivity contribution in [3.05, 3.63) is 72.7 Å². The van der Waals surface area contributed by atoms with E-state index in [1.807, 2.05) is 10.8 Å². The first-order valence-corrected chi connectivity index (χ1v) is 7.46. The summed E-state index contributed by atoms with van der Waals surface area (Å²) in [5.74, 6) is 0.334. The van der Waals surface area contributed by atoms with E-state index in [4.69, 9.17) is 0 Å². The second-order valence-corrected chi connectivity index (χ2v) is 5.35. The molecular weight excluding hydrogens is 309 g/mol. The summed E-state index contributed by atoms with van der Waals surface area (Å²) in [6.45, 7) is -0.137. The molecule has 24 heavy (non-hydrogen) atoms. The Morgan fingerprint density at radius 3 is 2.71 bits per heavy atom. The minimum absolute atomic E-state index is 0.137. The van der Waals surface area contributed by atoms with Gasteiger partial charge >= 0.3 is 0 Å². The number of nitrogens with zero attached hydrogens (tertiary/aromatic N) is 5. The lowest BCUT2D eigenvalue weighted by atomic mass is 10.1. The summed E-state index contributed by atoms with van der Waals surface area (Å²) in [4.78, 5) is 8.75. The standard InChI is InChI=1S/C17H14FN5O/c18-13-4-2-12(3-5-13)15(11-24)22-9-7-20-16(22)14-10-21-23-8-1-6-19-17(14)23/h1-10,15,24H,11H2. The van der Waals surface area contributed by atoms with Gasteiger partial charge in [0.1, 0.15) is 11.6 Å². The molecule has 0 aliphatic rings. The number of aliphatic hydroxyl groups is 1. The molecule has 3 heterocycles. The van der Waals surface area contributed by atoms with E-state index in [2.05, 4.69) is 15.1 Å². The number of hydrogen-bond acceptors (Lipinski definition) is 4. The summed E-state index contributed by atoms with van der Waals surface area (Å²) in [5, 5.41) is 14.2. The van der Waals surface area contributed by atoms with Gasteiger partial charge in [0.05, 0.1) is 24.4 Å². The van der Waals surface area contributed by atoms with Gasteiger partial charge in [-0.3, -0.25) is 0 Å². The van der Waals surface area contributed by atoms with E-state index in [0.29, 0.717) is 11.5 Å². The highest BCUT2D eigenvalue weighted by atomic mass is 19.1. The van der Waals surface area contributed by atoms with Crippen molar-refractivity contribution in [3.8, 4) is 11.4 Å². The smallest absolute Gasteiger partial charge is 0.165 e. The maximum absolute atomic E-state index is 13.2. The van der Waals surface area contributed by atoms with Gasteiger partial charge < -0.3 is 9.67 Å². The summed E-state index contributed by atoms with van der Waals surface area (Å²) < 4.78 is 16.7. The van der Waals surface area contributed by atoms with E-state index in [0.717, 1.165) is 11.1 Å². The highest BCUT2D eigenvalue weighted by Gasteiger charge is 2.20. The van der Waals surface area contributed by atoms with E-state index < -0.39 is 0 Å². The summed E-state index contributed by atoms with van der Waals surface area (Å²) in [7, 11) is 0. The third kappa shape index (κ3) is 2.35. The lowest BCUT2D eigenvalue weighted by Gasteiger charge is -2.18. The van der Waals surface area contributed by atoms with Crippen LogP contribution in [-0.2, 0) is 0 Å². The van der Waals surface area contributed by atoms with Crippen molar-refractivity contribution in [1.29, 1.82) is 0 Å². The Bertz CT molecular complexity index is 976. The van der Waals surface area contributed by atoms with Gasteiger partial charge in [-0.25, -0.2) is 18.9 Å². The third-order valence-corrected chi connectivity index (χ3v) is 3.95. The average molecular weight is 323 g/mol. The maximum atomic E-state index is 13.2. The molecule has 0 radical (unpaired) electrons. The van der Waals surface area contributed by atoms with E-state index in [-0.39, 0.29) is 18.5 Å². The highest BCUT2D eigenvalue weighted by Crippen LogP contribution is 2.27. The van der Waals surface area contributed by atoms with Crippen molar-refractivity contribution in [1.82, 2.24) is 24.1 Å². The van der Waals surface area contributed by atoms with Crippen LogP contribution in [0.5, 0.6) is 0 Å². The van der Waals surface area contributed by atoms with E-state index in [1.54, 1.807) is 47.5 Å². The molecule has 7 heteroatoms. The Hall–Kier alpha value is -3.06. The Morgan fingerprint density at radius 1 is 1.08 bits per heavy atom. The van der Waals surface area contributed by atoms with Crippen LogP contribution in [0.4, 0.5) is 4.39 Å². The van der Waals surface area contributed by atoms with Crippen molar-refractivity contribution < 1.29 is 9.50 Å². The Morgan fingerprint density at radius 2 is 1.92 bits per heavy atom. The topological polar surface area (TPSA) is 68.2 Å². The van der Waals surface area contributed by atoms with Crippen LogP contribution in [0.3, 0.4) is 0 Å². The fourth-order valence-corrected chi connectivity index (χ4v) is 2.80. The largest absolute Gasteiger partial charge is 0.394 e. The Balaban J connectivity index is 1.83. The van der Waals surface area contributed by atoms with Crippen LogP contribution >= 0.6 is 0 Å². The molecule has 0 aliphatic heterocycles. The zero-order valence-electron chi connectivity index (χ0n) is 12.6. The summed E-state index contributed by atoms with van der Waals surface area (Å²) in [6.07, 6.45) is 8.64. The van der Waals surface area contributed by atoms with Gasteiger partial charge in [-0.15, -0.1) is 0 Å². The van der Waals surface area contributed by atoms with Gasteiger partial charge in [0.25, 0.3) is 0 Å². The molecule has 0 saturated heterocycles. The van der Waals surface area contributed by atoms with Crippen molar-refractivity contribution in [3.63, 3.8) is 0 Å². The zero-order chi connectivity index (χ0) is 16.5. The van der Waals surface area contributed by atoms with Gasteiger partial charge in [-0.2, -0.15) is 5.10 Å². The van der Waals surface area contributed by atoms with Crippen LogP contribution in [0.1, 0.15) is 11.6 Å². The first kappa shape index (κ1) is 14.5.